The summed E-state index contributed by atoms with van der Waals surface area (Å²) in [6, 6.07) is 15.6. The van der Waals surface area contributed by atoms with Gasteiger partial charge in [-0.05, 0) is 61.1 Å². The maximum absolute atomic E-state index is 12.2. The van der Waals surface area contributed by atoms with Crippen LogP contribution in [0.2, 0.25) is 0 Å². The van der Waals surface area contributed by atoms with Crippen LogP contribution in [0.25, 0.3) is 10.9 Å². The molecule has 3 aromatic rings. The number of nitrogens with one attached hydrogen (secondary N) is 2. The molecule has 0 saturated heterocycles. The highest BCUT2D eigenvalue weighted by Gasteiger charge is 2.10. The topological polar surface area (TPSA) is 63.2 Å². The lowest BCUT2D eigenvalue weighted by atomic mass is 9.92. The van der Waals surface area contributed by atoms with E-state index in [0.717, 1.165) is 23.1 Å². The number of pyridine rings is 1. The van der Waals surface area contributed by atoms with Crippen molar-refractivity contribution >= 4 is 22.6 Å². The molecular formula is C22H23N3O2. The fourth-order valence-electron chi connectivity index (χ4n) is 3.50. The van der Waals surface area contributed by atoms with Crippen molar-refractivity contribution in [3.05, 3.63) is 65.9 Å². The first kappa shape index (κ1) is 17.3. The van der Waals surface area contributed by atoms with Crippen molar-refractivity contribution in [2.75, 3.05) is 18.5 Å². The molecule has 4 rings (SSSR count). The number of fused-ring (bicyclic) bond motifs is 2. The maximum Gasteiger partial charge on any atom is 0.319 e. The van der Waals surface area contributed by atoms with Gasteiger partial charge in [-0.2, -0.15) is 0 Å². The molecule has 5 nitrogen and oxygen atoms in total. The summed E-state index contributed by atoms with van der Waals surface area (Å²) in [4.78, 5) is 16.5. The van der Waals surface area contributed by atoms with Gasteiger partial charge in [-0.1, -0.05) is 24.3 Å². The van der Waals surface area contributed by atoms with E-state index in [4.69, 9.17) is 4.74 Å². The van der Waals surface area contributed by atoms with Crippen molar-refractivity contribution in [2.24, 2.45) is 0 Å². The predicted molar refractivity (Wildman–Crippen MR) is 107 cm³/mol. The number of para-hydroxylation sites is 1. The van der Waals surface area contributed by atoms with Gasteiger partial charge in [0.05, 0.1) is 17.7 Å². The van der Waals surface area contributed by atoms with Gasteiger partial charge < -0.3 is 15.4 Å². The van der Waals surface area contributed by atoms with Crippen molar-refractivity contribution < 1.29 is 9.53 Å². The number of rotatable bonds is 5. The number of carbonyl (C=O) groups is 1. The molecule has 0 bridgehead atoms. The van der Waals surface area contributed by atoms with Gasteiger partial charge in [-0.3, -0.25) is 4.98 Å². The first-order valence-corrected chi connectivity index (χ1v) is 9.43. The van der Waals surface area contributed by atoms with Crippen LogP contribution in [-0.2, 0) is 12.8 Å². The van der Waals surface area contributed by atoms with Crippen molar-refractivity contribution in [1.82, 2.24) is 10.3 Å². The number of urea groups is 1. The van der Waals surface area contributed by atoms with Gasteiger partial charge in [-0.25, -0.2) is 4.79 Å². The van der Waals surface area contributed by atoms with Gasteiger partial charge in [0.25, 0.3) is 0 Å². The fraction of sp³-hybridized carbons (Fsp3) is 0.273. The van der Waals surface area contributed by atoms with Crippen LogP contribution < -0.4 is 15.4 Å². The van der Waals surface area contributed by atoms with Crippen molar-refractivity contribution in [2.45, 2.75) is 25.7 Å². The monoisotopic (exact) mass is 361 g/mol. The van der Waals surface area contributed by atoms with Crippen LogP contribution in [-0.4, -0.2) is 24.2 Å². The van der Waals surface area contributed by atoms with E-state index in [1.807, 2.05) is 36.4 Å². The van der Waals surface area contributed by atoms with Gasteiger partial charge in [0.1, 0.15) is 12.4 Å². The van der Waals surface area contributed by atoms with Crippen LogP contribution in [0.3, 0.4) is 0 Å². The van der Waals surface area contributed by atoms with E-state index in [0.29, 0.717) is 18.8 Å². The van der Waals surface area contributed by atoms with E-state index in [1.165, 1.54) is 30.4 Å². The number of anilines is 1. The van der Waals surface area contributed by atoms with E-state index in [9.17, 15) is 4.79 Å². The molecule has 0 unspecified atom stereocenters. The predicted octanol–water partition coefficient (Wildman–Crippen LogP) is 4.31. The fourth-order valence-corrected chi connectivity index (χ4v) is 3.50. The Kier molecular flexibility index (Phi) is 5.19. The van der Waals surface area contributed by atoms with Crippen molar-refractivity contribution in [3.8, 4) is 5.75 Å². The summed E-state index contributed by atoms with van der Waals surface area (Å²) in [7, 11) is 0. The molecule has 1 heterocycles. The Morgan fingerprint density at radius 2 is 1.89 bits per heavy atom. The third kappa shape index (κ3) is 4.19. The number of amides is 2. The lowest BCUT2D eigenvalue weighted by molar-refractivity contribution is 0.247. The number of aromatic nitrogens is 1. The Morgan fingerprint density at radius 3 is 2.81 bits per heavy atom. The molecule has 0 aliphatic heterocycles. The SMILES string of the molecule is O=C(NCCOc1ccc2c(c1)CCCC2)Nc1cccc2cccnc12. The Hall–Kier alpha value is -3.08. The Morgan fingerprint density at radius 1 is 1.04 bits per heavy atom. The largest absolute Gasteiger partial charge is 0.492 e. The van der Waals surface area contributed by atoms with Crippen molar-refractivity contribution in [1.29, 1.82) is 0 Å². The lowest BCUT2D eigenvalue weighted by Gasteiger charge is -2.17. The molecule has 138 valence electrons. The molecule has 0 atom stereocenters. The smallest absolute Gasteiger partial charge is 0.319 e. The van der Waals surface area contributed by atoms with Gasteiger partial charge in [0.15, 0.2) is 0 Å². The highest BCUT2D eigenvalue weighted by atomic mass is 16.5. The van der Waals surface area contributed by atoms with E-state index < -0.39 is 0 Å². The second-order valence-corrected chi connectivity index (χ2v) is 6.75. The van der Waals surface area contributed by atoms with Crippen molar-refractivity contribution in [3.63, 3.8) is 0 Å². The average Bonchev–Trinajstić information content (AvgIpc) is 2.71. The zero-order valence-corrected chi connectivity index (χ0v) is 15.2. The molecule has 1 aliphatic rings. The molecule has 2 N–H and O–H groups in total. The molecule has 1 aliphatic carbocycles. The number of carbonyl (C=O) groups excluding carboxylic acids is 1. The average molecular weight is 361 g/mol. The maximum atomic E-state index is 12.2. The quantitative estimate of drug-likeness (QED) is 0.666. The molecule has 0 radical (unpaired) electrons. The summed E-state index contributed by atoms with van der Waals surface area (Å²) in [5.74, 6) is 0.871. The third-order valence-electron chi connectivity index (χ3n) is 4.86. The van der Waals surface area contributed by atoms with E-state index in [-0.39, 0.29) is 6.03 Å². The molecule has 2 aromatic carbocycles. The minimum atomic E-state index is -0.262. The van der Waals surface area contributed by atoms with Crippen LogP contribution in [0.15, 0.2) is 54.7 Å². The zero-order valence-electron chi connectivity index (χ0n) is 15.2. The normalized spacial score (nSPS) is 13.0. The second-order valence-electron chi connectivity index (χ2n) is 6.75. The molecule has 5 heteroatoms. The second kappa shape index (κ2) is 8.08. The summed E-state index contributed by atoms with van der Waals surface area (Å²) < 4.78 is 5.79. The van der Waals surface area contributed by atoms with Crippen LogP contribution >= 0.6 is 0 Å². The molecule has 1 aromatic heterocycles. The first-order valence-electron chi connectivity index (χ1n) is 9.43. The van der Waals surface area contributed by atoms with Crippen LogP contribution in [0.1, 0.15) is 24.0 Å². The number of aryl methyl sites for hydroxylation is 2. The number of ether oxygens (including phenoxy) is 1. The van der Waals surface area contributed by atoms with Gasteiger partial charge >= 0.3 is 6.03 Å². The van der Waals surface area contributed by atoms with E-state index >= 15 is 0 Å². The summed E-state index contributed by atoms with van der Waals surface area (Å²) in [5.41, 5.74) is 4.31. The van der Waals surface area contributed by atoms with Gasteiger partial charge in [0, 0.05) is 11.6 Å². The van der Waals surface area contributed by atoms with Gasteiger partial charge in [0.2, 0.25) is 0 Å². The third-order valence-corrected chi connectivity index (χ3v) is 4.86. The van der Waals surface area contributed by atoms with Crippen LogP contribution in [0.4, 0.5) is 10.5 Å². The zero-order chi connectivity index (χ0) is 18.5. The lowest BCUT2D eigenvalue weighted by Crippen LogP contribution is -2.32. The summed E-state index contributed by atoms with van der Waals surface area (Å²) >= 11 is 0. The number of hydrogen-bond acceptors (Lipinski definition) is 3. The van der Waals surface area contributed by atoms with Crippen LogP contribution in [0, 0.1) is 0 Å². The molecule has 0 saturated carbocycles. The van der Waals surface area contributed by atoms with Crippen LogP contribution in [0.5, 0.6) is 5.75 Å². The minimum absolute atomic E-state index is 0.262. The Labute approximate surface area is 158 Å². The molecule has 27 heavy (non-hydrogen) atoms. The number of benzene rings is 2. The molecule has 2 amide bonds. The molecule has 0 fully saturated rings. The standard InChI is InChI=1S/C22H23N3O2/c26-22(25-20-9-3-7-17-8-4-12-23-21(17)20)24-13-14-27-19-11-10-16-5-1-2-6-18(16)15-19/h3-4,7-12,15H,1-2,5-6,13-14H2,(H2,24,25,26). The molecule has 0 spiro atoms. The minimum Gasteiger partial charge on any atom is -0.492 e. The number of hydrogen-bond donors (Lipinski definition) is 2. The first-order chi connectivity index (χ1) is 13.3. The molecular weight excluding hydrogens is 338 g/mol. The van der Waals surface area contributed by atoms with E-state index in [2.05, 4.69) is 27.8 Å². The summed E-state index contributed by atoms with van der Waals surface area (Å²) in [6.45, 7) is 0.862. The highest BCUT2D eigenvalue weighted by molar-refractivity contribution is 5.99. The number of nitrogens with zero attached hydrogens (tertiary/aromatic N) is 1. The van der Waals surface area contributed by atoms with E-state index in [1.54, 1.807) is 6.20 Å². The Balaban J connectivity index is 1.27. The Bertz CT molecular complexity index is 950. The summed E-state index contributed by atoms with van der Waals surface area (Å²) in [5, 5.41) is 6.67. The summed E-state index contributed by atoms with van der Waals surface area (Å²) in [6.07, 6.45) is 6.55. The highest BCUT2D eigenvalue weighted by Crippen LogP contribution is 2.25. The van der Waals surface area contributed by atoms with Gasteiger partial charge in [-0.15, -0.1) is 0 Å².